The summed E-state index contributed by atoms with van der Waals surface area (Å²) >= 11 is 0. The van der Waals surface area contributed by atoms with Gasteiger partial charge in [-0.2, -0.15) is 0 Å². The molecule has 118 valence electrons. The number of anilines is 2. The average Bonchev–Trinajstić information content (AvgIpc) is 3.09. The van der Waals surface area contributed by atoms with E-state index in [1.54, 1.807) is 12.1 Å². The monoisotopic (exact) mass is 311 g/mol. The van der Waals surface area contributed by atoms with Gasteiger partial charge in [0.15, 0.2) is 0 Å². The molecule has 0 unspecified atom stereocenters. The van der Waals surface area contributed by atoms with Gasteiger partial charge in [0, 0.05) is 19.2 Å². The van der Waals surface area contributed by atoms with Crippen LogP contribution < -0.4 is 10.2 Å². The molecule has 1 amide bonds. The lowest BCUT2D eigenvalue weighted by molar-refractivity contribution is -0.385. The summed E-state index contributed by atoms with van der Waals surface area (Å²) in [6.45, 7) is 1.91. The number of benzene rings is 2. The van der Waals surface area contributed by atoms with Crippen molar-refractivity contribution in [2.75, 3.05) is 23.3 Å². The van der Waals surface area contributed by atoms with E-state index < -0.39 is 10.8 Å². The lowest BCUT2D eigenvalue weighted by atomic mass is 10.1. The fraction of sp³-hybridized carbons (Fsp3) is 0.235. The molecule has 1 fully saturated rings. The minimum atomic E-state index is -0.540. The van der Waals surface area contributed by atoms with Gasteiger partial charge in [-0.25, -0.2) is 0 Å². The highest BCUT2D eigenvalue weighted by Crippen LogP contribution is 2.29. The van der Waals surface area contributed by atoms with E-state index in [2.05, 4.69) is 10.2 Å². The molecule has 6 heteroatoms. The van der Waals surface area contributed by atoms with E-state index in [-0.39, 0.29) is 11.3 Å². The normalized spacial score (nSPS) is 13.8. The fourth-order valence-electron chi connectivity index (χ4n) is 2.83. The van der Waals surface area contributed by atoms with E-state index in [0.717, 1.165) is 31.6 Å². The third-order valence-corrected chi connectivity index (χ3v) is 3.94. The van der Waals surface area contributed by atoms with Crippen LogP contribution in [0.4, 0.5) is 17.1 Å². The maximum atomic E-state index is 12.5. The first kappa shape index (κ1) is 15.0. The molecule has 1 N–H and O–H groups in total. The molecule has 1 heterocycles. The second kappa shape index (κ2) is 6.48. The van der Waals surface area contributed by atoms with E-state index >= 15 is 0 Å². The van der Waals surface area contributed by atoms with E-state index in [1.807, 2.05) is 24.3 Å². The number of amides is 1. The molecule has 2 aromatic rings. The van der Waals surface area contributed by atoms with Crippen LogP contribution >= 0.6 is 0 Å². The van der Waals surface area contributed by atoms with Gasteiger partial charge in [0.25, 0.3) is 11.6 Å². The molecule has 0 aromatic heterocycles. The first-order valence-corrected chi connectivity index (χ1v) is 7.55. The first-order valence-electron chi connectivity index (χ1n) is 7.55. The maximum Gasteiger partial charge on any atom is 0.282 e. The summed E-state index contributed by atoms with van der Waals surface area (Å²) < 4.78 is 0. The zero-order chi connectivity index (χ0) is 16.2. The largest absolute Gasteiger partial charge is 0.370 e. The van der Waals surface area contributed by atoms with Gasteiger partial charge < -0.3 is 10.2 Å². The third kappa shape index (κ3) is 3.15. The van der Waals surface area contributed by atoms with Crippen molar-refractivity contribution in [1.29, 1.82) is 0 Å². The zero-order valence-corrected chi connectivity index (χ0v) is 12.6. The van der Waals surface area contributed by atoms with Crippen molar-refractivity contribution in [3.8, 4) is 0 Å². The molecule has 3 rings (SSSR count). The van der Waals surface area contributed by atoms with Gasteiger partial charge in [0.1, 0.15) is 5.56 Å². The summed E-state index contributed by atoms with van der Waals surface area (Å²) in [4.78, 5) is 25.2. The van der Waals surface area contributed by atoms with Gasteiger partial charge in [-0.05, 0) is 31.0 Å². The van der Waals surface area contributed by atoms with Crippen molar-refractivity contribution in [3.05, 3.63) is 64.2 Å². The smallest absolute Gasteiger partial charge is 0.282 e. The Bertz CT molecular complexity index is 739. The molecule has 1 aliphatic heterocycles. The van der Waals surface area contributed by atoms with Gasteiger partial charge in [-0.1, -0.05) is 24.3 Å². The molecule has 0 saturated carbocycles. The number of hydrogen-bond acceptors (Lipinski definition) is 4. The first-order chi connectivity index (χ1) is 11.2. The predicted octanol–water partition coefficient (Wildman–Crippen LogP) is 3.45. The van der Waals surface area contributed by atoms with Gasteiger partial charge in [0.05, 0.1) is 16.3 Å². The highest BCUT2D eigenvalue weighted by Gasteiger charge is 2.21. The number of para-hydroxylation sites is 3. The summed E-state index contributed by atoms with van der Waals surface area (Å²) in [5.41, 5.74) is 1.51. The van der Waals surface area contributed by atoms with Crippen LogP contribution in [0.3, 0.4) is 0 Å². The molecule has 2 aromatic carbocycles. The molecule has 1 aliphatic rings. The minimum Gasteiger partial charge on any atom is -0.370 e. The second-order valence-corrected chi connectivity index (χ2v) is 5.44. The fourth-order valence-corrected chi connectivity index (χ4v) is 2.83. The Hall–Kier alpha value is -2.89. The number of nitro groups is 1. The standard InChI is InChI=1S/C17H17N3O3/c21-17(13-7-1-3-9-15(13)20(22)23)18-14-8-2-4-10-16(14)19-11-5-6-12-19/h1-4,7-10H,5-6,11-12H2,(H,18,21). The van der Waals surface area contributed by atoms with Crippen LogP contribution in [0.15, 0.2) is 48.5 Å². The number of nitrogens with one attached hydrogen (secondary N) is 1. The number of hydrogen-bond donors (Lipinski definition) is 1. The topological polar surface area (TPSA) is 75.5 Å². The van der Waals surface area contributed by atoms with Crippen molar-refractivity contribution < 1.29 is 9.72 Å². The lowest BCUT2D eigenvalue weighted by Crippen LogP contribution is -2.21. The molecule has 0 radical (unpaired) electrons. The molecule has 6 nitrogen and oxygen atoms in total. The van der Waals surface area contributed by atoms with Crippen LogP contribution in [0.1, 0.15) is 23.2 Å². The van der Waals surface area contributed by atoms with Gasteiger partial charge in [0.2, 0.25) is 0 Å². The molecule has 1 saturated heterocycles. The summed E-state index contributed by atoms with van der Waals surface area (Å²) in [5.74, 6) is -0.469. The molecule has 23 heavy (non-hydrogen) atoms. The molecule has 0 spiro atoms. The quantitative estimate of drug-likeness (QED) is 0.693. The van der Waals surface area contributed by atoms with Crippen molar-refractivity contribution in [1.82, 2.24) is 0 Å². The third-order valence-electron chi connectivity index (χ3n) is 3.94. The van der Waals surface area contributed by atoms with Crippen LogP contribution in [-0.4, -0.2) is 23.9 Å². The number of nitrogens with zero attached hydrogens (tertiary/aromatic N) is 2. The number of carbonyl (C=O) groups is 1. The van der Waals surface area contributed by atoms with Crippen molar-refractivity contribution in [3.63, 3.8) is 0 Å². The number of carbonyl (C=O) groups excluding carboxylic acids is 1. The second-order valence-electron chi connectivity index (χ2n) is 5.44. The van der Waals surface area contributed by atoms with Gasteiger partial charge >= 0.3 is 0 Å². The Kier molecular flexibility index (Phi) is 4.23. The summed E-state index contributed by atoms with van der Waals surface area (Å²) in [5, 5.41) is 13.9. The van der Waals surface area contributed by atoms with Gasteiger partial charge in [-0.3, -0.25) is 14.9 Å². The molecule has 0 bridgehead atoms. The Morgan fingerprint density at radius 1 is 1.04 bits per heavy atom. The Balaban J connectivity index is 1.88. The van der Waals surface area contributed by atoms with Crippen LogP contribution in [0.5, 0.6) is 0 Å². The van der Waals surface area contributed by atoms with Crippen molar-refractivity contribution in [2.45, 2.75) is 12.8 Å². The summed E-state index contributed by atoms with van der Waals surface area (Å²) in [7, 11) is 0. The Labute approximate surface area is 133 Å². The van der Waals surface area contributed by atoms with Crippen LogP contribution in [-0.2, 0) is 0 Å². The average molecular weight is 311 g/mol. The van der Waals surface area contributed by atoms with E-state index in [0.29, 0.717) is 5.69 Å². The summed E-state index contributed by atoms with van der Waals surface area (Å²) in [6.07, 6.45) is 2.26. The number of nitro benzene ring substituents is 1. The molecule has 0 atom stereocenters. The van der Waals surface area contributed by atoms with Crippen LogP contribution in [0, 0.1) is 10.1 Å². The van der Waals surface area contributed by atoms with Gasteiger partial charge in [-0.15, -0.1) is 0 Å². The minimum absolute atomic E-state index is 0.0636. The highest BCUT2D eigenvalue weighted by atomic mass is 16.6. The molecule has 0 aliphatic carbocycles. The van der Waals surface area contributed by atoms with E-state index in [4.69, 9.17) is 0 Å². The SMILES string of the molecule is O=C(Nc1ccccc1N1CCCC1)c1ccccc1[N+](=O)[O-]. The van der Waals surface area contributed by atoms with E-state index in [1.165, 1.54) is 12.1 Å². The van der Waals surface area contributed by atoms with E-state index in [9.17, 15) is 14.9 Å². The molecular formula is C17H17N3O3. The van der Waals surface area contributed by atoms with Crippen LogP contribution in [0.2, 0.25) is 0 Å². The maximum absolute atomic E-state index is 12.5. The predicted molar refractivity (Wildman–Crippen MR) is 88.9 cm³/mol. The molecular weight excluding hydrogens is 294 g/mol. The van der Waals surface area contributed by atoms with Crippen molar-refractivity contribution >= 4 is 23.0 Å². The Morgan fingerprint density at radius 3 is 2.43 bits per heavy atom. The van der Waals surface area contributed by atoms with Crippen molar-refractivity contribution in [2.24, 2.45) is 0 Å². The number of rotatable bonds is 4. The van der Waals surface area contributed by atoms with Crippen LogP contribution in [0.25, 0.3) is 0 Å². The zero-order valence-electron chi connectivity index (χ0n) is 12.6. The summed E-state index contributed by atoms with van der Waals surface area (Å²) in [6, 6.07) is 13.5. The highest BCUT2D eigenvalue weighted by molar-refractivity contribution is 6.08. The lowest BCUT2D eigenvalue weighted by Gasteiger charge is -2.21. The Morgan fingerprint density at radius 2 is 1.70 bits per heavy atom.